The molecule has 7 heteroatoms. The zero-order valence-electron chi connectivity index (χ0n) is 15.4. The average molecular weight is 626 g/mol. The van der Waals surface area contributed by atoms with Crippen molar-refractivity contribution < 1.29 is 0 Å². The summed E-state index contributed by atoms with van der Waals surface area (Å²) >= 11 is 0. The van der Waals surface area contributed by atoms with Crippen molar-refractivity contribution in [2.24, 2.45) is 0 Å². The van der Waals surface area contributed by atoms with Gasteiger partial charge in [0, 0.05) is 11.8 Å². The van der Waals surface area contributed by atoms with E-state index in [1.54, 1.807) is 0 Å². The Morgan fingerprint density at radius 2 is 0.867 bits per heavy atom. The van der Waals surface area contributed by atoms with E-state index < -0.39 is 9.14 Å². The van der Waals surface area contributed by atoms with Crippen molar-refractivity contribution in [1.82, 2.24) is 0 Å². The molecule has 0 aliphatic rings. The van der Waals surface area contributed by atoms with Gasteiger partial charge in [0.2, 0.25) is 0 Å². The Hall–Kier alpha value is -0.612. The molecule has 0 saturated heterocycles. The van der Waals surface area contributed by atoms with Gasteiger partial charge >= 0.3 is 62.1 Å². The molecule has 0 aliphatic carbocycles. The van der Waals surface area contributed by atoms with E-state index in [4.69, 9.17) is 53.0 Å². The second-order valence-electron chi connectivity index (χ2n) is 6.43. The first-order chi connectivity index (χ1) is 13.9. The summed E-state index contributed by atoms with van der Waals surface area (Å²) in [6, 6.07) is 31.1. The number of rotatable bonds is 2. The Balaban J connectivity index is 0.000000318. The Kier molecular flexibility index (Phi) is 7.00. The second-order valence-corrected chi connectivity index (χ2v) is 63.3. The van der Waals surface area contributed by atoms with E-state index in [-0.39, 0.29) is 0 Å². The Bertz CT molecular complexity index is 1090. The van der Waals surface area contributed by atoms with Gasteiger partial charge in [-0.25, -0.2) is 0 Å². The van der Waals surface area contributed by atoms with E-state index in [0.717, 1.165) is 11.1 Å². The van der Waals surface area contributed by atoms with Gasteiger partial charge in [0.1, 0.15) is 11.1 Å². The molecule has 0 heterocycles. The van der Waals surface area contributed by atoms with Gasteiger partial charge in [0.25, 0.3) is 0 Å². The molecule has 0 aliphatic heterocycles. The summed E-state index contributed by atoms with van der Waals surface area (Å²) in [5, 5.41) is 0. The molecule has 0 spiro atoms. The molecule has 4 rings (SSSR count). The topological polar surface area (TPSA) is 0 Å². The van der Waals surface area contributed by atoms with E-state index in [9.17, 15) is 0 Å². The van der Waals surface area contributed by atoms with Gasteiger partial charge in [0.05, 0.1) is 16.7 Å². The third-order valence-corrected chi connectivity index (χ3v) is 3.92. The summed E-state index contributed by atoms with van der Waals surface area (Å²) in [4.78, 5) is 0. The molecule has 0 N–H and O–H groups in total. The van der Waals surface area contributed by atoms with Crippen LogP contribution in [-0.2, 0) is 0 Å². The summed E-state index contributed by atoms with van der Waals surface area (Å²) in [5.41, 5.74) is 7.24. The second kappa shape index (κ2) is 8.73. The summed E-state index contributed by atoms with van der Waals surface area (Å²) in [6.07, 6.45) is 0. The number of hydrogen-bond donors (Lipinski definition) is 0. The average Bonchev–Trinajstić information content (AvgIpc) is 3.40. The van der Waals surface area contributed by atoms with E-state index in [1.807, 2.05) is 42.5 Å². The van der Waals surface area contributed by atoms with Gasteiger partial charge in [-0.1, -0.05) is 54.6 Å². The van der Waals surface area contributed by atoms with Crippen LogP contribution in [0.2, 0.25) is 0 Å². The number of benzene rings is 3. The molecule has 4 aromatic carbocycles. The van der Waals surface area contributed by atoms with Crippen LogP contribution in [-0.4, -0.2) is 9.14 Å². The van der Waals surface area contributed by atoms with Crippen LogP contribution in [0, 0.1) is 11.8 Å². The van der Waals surface area contributed by atoms with Gasteiger partial charge < -0.3 is 0 Å². The van der Waals surface area contributed by atoms with Gasteiger partial charge in [0.15, 0.2) is 5.56 Å². The van der Waals surface area contributed by atoms with E-state index in [0.29, 0.717) is 0 Å². The zero-order valence-corrected chi connectivity index (χ0v) is 22.5. The molecule has 0 amide bonds. The van der Waals surface area contributed by atoms with Gasteiger partial charge in [-0.15, -0.1) is 0 Å². The standard InChI is InChI=1S/C23H15.6ClH.Sb/c1-4-10-18(11-5-1)16-17-21-22(19-12-6-2-7-13-19)23(21)20-14-8-3-9-15-20;;;;;;;/h1-15H;6*1H;/q+1;;;;;;;+5/p-6. The normalized spacial score (nSPS) is 13.3. The molecule has 0 saturated carbocycles. The summed E-state index contributed by atoms with van der Waals surface area (Å²) < 4.78 is 0. The van der Waals surface area contributed by atoms with Crippen LogP contribution in [0.4, 0.5) is 0 Å². The molecule has 154 valence electrons. The van der Waals surface area contributed by atoms with Crippen molar-refractivity contribution in [2.45, 2.75) is 0 Å². The van der Waals surface area contributed by atoms with Crippen LogP contribution in [0.3, 0.4) is 0 Å². The van der Waals surface area contributed by atoms with Crippen molar-refractivity contribution in [3.63, 3.8) is 0 Å². The van der Waals surface area contributed by atoms with Crippen LogP contribution in [0.1, 0.15) is 11.1 Å². The van der Waals surface area contributed by atoms with Crippen molar-refractivity contribution in [3.05, 3.63) is 102 Å². The maximum atomic E-state index is 5.06. The van der Waals surface area contributed by atoms with Gasteiger partial charge in [-0.2, -0.15) is 0 Å². The summed E-state index contributed by atoms with van der Waals surface area (Å²) in [5.74, 6) is 6.64. The first-order valence-corrected chi connectivity index (χ1v) is 28.1. The first-order valence-electron chi connectivity index (χ1n) is 8.75. The fraction of sp³-hybridized carbons (Fsp3) is 0. The van der Waals surface area contributed by atoms with Crippen LogP contribution < -0.4 is 0 Å². The molecule has 0 radical (unpaired) electrons. The molecule has 4 aromatic rings. The van der Waals surface area contributed by atoms with Crippen LogP contribution in [0.5, 0.6) is 0 Å². The quantitative estimate of drug-likeness (QED) is 0.118. The molecule has 0 aromatic heterocycles. The van der Waals surface area contributed by atoms with Crippen LogP contribution in [0.15, 0.2) is 91.0 Å². The minimum atomic E-state index is -5.42. The van der Waals surface area contributed by atoms with Crippen molar-refractivity contribution in [3.8, 4) is 34.1 Å². The Labute approximate surface area is 196 Å². The van der Waals surface area contributed by atoms with Crippen LogP contribution >= 0.6 is 53.0 Å². The van der Waals surface area contributed by atoms with Crippen molar-refractivity contribution in [2.75, 3.05) is 0 Å². The molecule has 0 bridgehead atoms. The van der Waals surface area contributed by atoms with Crippen molar-refractivity contribution in [1.29, 1.82) is 0 Å². The molecule has 0 fully saturated rings. The molecule has 0 atom stereocenters. The third-order valence-electron chi connectivity index (χ3n) is 3.92. The van der Waals surface area contributed by atoms with E-state index >= 15 is 0 Å². The van der Waals surface area contributed by atoms with Gasteiger partial charge in [-0.05, 0) is 36.4 Å². The molecular formula is C23H15Cl6Sb. The SMILES string of the molecule is C(#C[c+]1c(-c2ccccc2)c1-c1ccccc1)c1ccccc1.[Cl][Sb-]([Cl])([Cl])([Cl])([Cl])[Cl]. The fourth-order valence-electron chi connectivity index (χ4n) is 2.76. The van der Waals surface area contributed by atoms with E-state index in [2.05, 4.69) is 60.4 Å². The monoisotopic (exact) mass is 622 g/mol. The molecular weight excluding hydrogens is 611 g/mol. The van der Waals surface area contributed by atoms with E-state index in [1.165, 1.54) is 22.3 Å². The Morgan fingerprint density at radius 1 is 0.533 bits per heavy atom. The molecule has 30 heavy (non-hydrogen) atoms. The minimum absolute atomic E-state index is 1.05. The summed E-state index contributed by atoms with van der Waals surface area (Å²) in [7, 11) is 25.0. The summed E-state index contributed by atoms with van der Waals surface area (Å²) in [6.45, 7) is 0. The predicted octanol–water partition coefficient (Wildman–Crippen LogP) is 9.33. The maximum absolute atomic E-state index is 5.42. The third kappa shape index (κ3) is 8.86. The van der Waals surface area contributed by atoms with Crippen molar-refractivity contribution >= 4 is 62.1 Å². The zero-order chi connectivity index (χ0) is 21.9. The first kappa shape index (κ1) is 24.0. The number of hydrogen-bond acceptors (Lipinski definition) is 0. The van der Waals surface area contributed by atoms with Crippen LogP contribution in [0.25, 0.3) is 22.3 Å². The molecule has 0 nitrogen and oxygen atoms in total. The number of halogens is 6. The fourth-order valence-corrected chi connectivity index (χ4v) is 2.76. The predicted molar refractivity (Wildman–Crippen MR) is 137 cm³/mol. The Morgan fingerprint density at radius 3 is 1.23 bits per heavy atom. The molecule has 0 unspecified atom stereocenters. The van der Waals surface area contributed by atoms with Gasteiger partial charge in [-0.3, -0.25) is 0 Å².